The van der Waals surface area contributed by atoms with Gasteiger partial charge >= 0.3 is 0 Å². The maximum absolute atomic E-state index is 5.97. The zero-order valence-corrected chi connectivity index (χ0v) is 11.4. The van der Waals surface area contributed by atoms with Crippen molar-refractivity contribution < 1.29 is 0 Å². The fourth-order valence-electron chi connectivity index (χ4n) is 0.952. The molecule has 6 heteroatoms. The molecule has 72 valence electrons. The minimum absolute atomic E-state index is 0.608. The molecule has 0 aliphatic rings. The van der Waals surface area contributed by atoms with Gasteiger partial charge in [0.05, 0.1) is 5.02 Å². The van der Waals surface area contributed by atoms with Crippen LogP contribution in [-0.2, 0) is 0 Å². The molecule has 0 atom stereocenters. The SMILES string of the molecule is Clc1cc(-c2nc(Br)ns2)ccc1Br. The fraction of sp³-hybridized carbons (Fsp3) is 0. The van der Waals surface area contributed by atoms with Crippen molar-refractivity contribution in [2.75, 3.05) is 0 Å². The summed E-state index contributed by atoms with van der Waals surface area (Å²) in [6.45, 7) is 0. The Bertz CT molecular complexity index is 472. The predicted octanol–water partition coefficient (Wildman–Crippen LogP) is 4.38. The topological polar surface area (TPSA) is 25.8 Å². The van der Waals surface area contributed by atoms with Crippen LogP contribution in [0.2, 0.25) is 5.02 Å². The molecule has 2 nitrogen and oxygen atoms in total. The standard InChI is InChI=1S/C8H3Br2ClN2S/c9-5-2-1-4(3-6(5)11)7-12-8(10)13-14-7/h1-3H. The molecule has 2 rings (SSSR count). The van der Waals surface area contributed by atoms with Gasteiger partial charge in [0, 0.05) is 10.0 Å². The number of benzene rings is 1. The van der Waals surface area contributed by atoms with E-state index in [1.165, 1.54) is 11.5 Å². The summed E-state index contributed by atoms with van der Waals surface area (Å²) < 4.78 is 5.53. The first-order valence-corrected chi connectivity index (χ1v) is 6.35. The van der Waals surface area contributed by atoms with Gasteiger partial charge in [-0.25, -0.2) is 4.98 Å². The van der Waals surface area contributed by atoms with Crippen LogP contribution in [0.3, 0.4) is 0 Å². The molecule has 0 aliphatic heterocycles. The molecule has 0 saturated carbocycles. The molecule has 1 aromatic heterocycles. The number of aromatic nitrogens is 2. The second kappa shape index (κ2) is 4.26. The molecule has 0 aliphatic carbocycles. The number of rotatable bonds is 1. The summed E-state index contributed by atoms with van der Waals surface area (Å²) in [6.07, 6.45) is 0. The highest BCUT2D eigenvalue weighted by Gasteiger charge is 2.06. The molecule has 0 spiro atoms. The van der Waals surface area contributed by atoms with Gasteiger partial charge in [0.2, 0.25) is 4.73 Å². The Balaban J connectivity index is 2.47. The molecule has 0 amide bonds. The Labute approximate surface area is 107 Å². The quantitative estimate of drug-likeness (QED) is 0.759. The summed E-state index contributed by atoms with van der Waals surface area (Å²) in [4.78, 5) is 4.20. The summed E-state index contributed by atoms with van der Waals surface area (Å²) in [5, 5.41) is 1.53. The molecular weight excluding hydrogens is 351 g/mol. The maximum Gasteiger partial charge on any atom is 0.209 e. The predicted molar refractivity (Wildman–Crippen MR) is 65.8 cm³/mol. The largest absolute Gasteiger partial charge is 0.209 e. The van der Waals surface area contributed by atoms with Crippen LogP contribution < -0.4 is 0 Å². The molecule has 0 saturated heterocycles. The van der Waals surface area contributed by atoms with Crippen molar-refractivity contribution in [3.63, 3.8) is 0 Å². The Kier molecular flexibility index (Phi) is 3.21. The Morgan fingerprint density at radius 1 is 1.29 bits per heavy atom. The lowest BCUT2D eigenvalue weighted by atomic mass is 10.2. The van der Waals surface area contributed by atoms with Crippen LogP contribution in [0.1, 0.15) is 0 Å². The van der Waals surface area contributed by atoms with Crippen LogP contribution >= 0.6 is 55.0 Å². The molecule has 14 heavy (non-hydrogen) atoms. The van der Waals surface area contributed by atoms with E-state index in [2.05, 4.69) is 41.2 Å². The zero-order chi connectivity index (χ0) is 10.1. The monoisotopic (exact) mass is 352 g/mol. The molecule has 1 aromatic carbocycles. The third-order valence-corrected chi connectivity index (χ3v) is 4.15. The fourth-order valence-corrected chi connectivity index (χ4v) is 2.45. The van der Waals surface area contributed by atoms with Crippen molar-refractivity contribution in [2.45, 2.75) is 0 Å². The summed E-state index contributed by atoms with van der Waals surface area (Å²) in [6, 6.07) is 5.70. The van der Waals surface area contributed by atoms with Gasteiger partial charge in [-0.05, 0) is 55.5 Å². The highest BCUT2D eigenvalue weighted by molar-refractivity contribution is 9.10. The van der Waals surface area contributed by atoms with Crippen molar-refractivity contribution in [1.82, 2.24) is 9.36 Å². The lowest BCUT2D eigenvalue weighted by molar-refractivity contribution is 1.26. The number of halogens is 3. The molecule has 0 bridgehead atoms. The average molecular weight is 354 g/mol. The van der Waals surface area contributed by atoms with E-state index in [1.54, 1.807) is 0 Å². The summed E-state index contributed by atoms with van der Waals surface area (Å²) in [5.74, 6) is 0. The first-order chi connectivity index (χ1) is 6.66. The Morgan fingerprint density at radius 3 is 2.64 bits per heavy atom. The third kappa shape index (κ3) is 2.16. The lowest BCUT2D eigenvalue weighted by Gasteiger charge is -1.98. The van der Waals surface area contributed by atoms with Crippen LogP contribution in [0.15, 0.2) is 27.4 Å². The van der Waals surface area contributed by atoms with Gasteiger partial charge in [-0.15, -0.1) is 0 Å². The Hall–Kier alpha value is 0.0300. The van der Waals surface area contributed by atoms with Gasteiger partial charge in [-0.1, -0.05) is 17.7 Å². The van der Waals surface area contributed by atoms with Crippen LogP contribution in [-0.4, -0.2) is 9.36 Å². The minimum Gasteiger partial charge on any atom is -0.209 e. The van der Waals surface area contributed by atoms with E-state index in [0.29, 0.717) is 9.76 Å². The number of hydrogen-bond acceptors (Lipinski definition) is 3. The van der Waals surface area contributed by atoms with Gasteiger partial charge in [0.1, 0.15) is 5.01 Å². The maximum atomic E-state index is 5.97. The van der Waals surface area contributed by atoms with Crippen LogP contribution in [0.25, 0.3) is 10.6 Å². The zero-order valence-electron chi connectivity index (χ0n) is 6.67. The van der Waals surface area contributed by atoms with Crippen LogP contribution in [0.5, 0.6) is 0 Å². The smallest absolute Gasteiger partial charge is 0.209 e. The lowest BCUT2D eigenvalue weighted by Crippen LogP contribution is -1.76. The van der Waals surface area contributed by atoms with Gasteiger partial charge in [-0.2, -0.15) is 4.37 Å². The van der Waals surface area contributed by atoms with Crippen molar-refractivity contribution >= 4 is 55.0 Å². The first kappa shape index (κ1) is 10.5. The van der Waals surface area contributed by atoms with Crippen molar-refractivity contribution in [3.8, 4) is 10.6 Å². The summed E-state index contributed by atoms with van der Waals surface area (Å²) in [5.41, 5.74) is 0.974. The van der Waals surface area contributed by atoms with E-state index in [0.717, 1.165) is 15.0 Å². The van der Waals surface area contributed by atoms with Crippen LogP contribution in [0, 0.1) is 0 Å². The third-order valence-electron chi connectivity index (χ3n) is 1.57. The summed E-state index contributed by atoms with van der Waals surface area (Å²) >= 11 is 13.8. The van der Waals surface area contributed by atoms with E-state index in [1.807, 2.05) is 18.2 Å². The normalized spacial score (nSPS) is 10.5. The highest BCUT2D eigenvalue weighted by atomic mass is 79.9. The minimum atomic E-state index is 0.608. The highest BCUT2D eigenvalue weighted by Crippen LogP contribution is 2.30. The second-order valence-electron chi connectivity index (χ2n) is 2.50. The molecule has 2 aromatic rings. The van der Waals surface area contributed by atoms with E-state index < -0.39 is 0 Å². The second-order valence-corrected chi connectivity index (χ2v) is 5.22. The van der Waals surface area contributed by atoms with Crippen molar-refractivity contribution in [3.05, 3.63) is 32.4 Å². The van der Waals surface area contributed by atoms with Crippen molar-refractivity contribution in [1.29, 1.82) is 0 Å². The molecular formula is C8H3Br2ClN2S. The summed E-state index contributed by atoms with van der Waals surface area (Å²) in [7, 11) is 0. The number of nitrogens with zero attached hydrogens (tertiary/aromatic N) is 2. The van der Waals surface area contributed by atoms with Crippen LogP contribution in [0.4, 0.5) is 0 Å². The average Bonchev–Trinajstić information content (AvgIpc) is 2.57. The van der Waals surface area contributed by atoms with E-state index in [4.69, 9.17) is 11.6 Å². The molecule has 0 radical (unpaired) electrons. The van der Waals surface area contributed by atoms with Crippen molar-refractivity contribution in [2.24, 2.45) is 0 Å². The van der Waals surface area contributed by atoms with E-state index in [9.17, 15) is 0 Å². The molecule has 1 heterocycles. The Morgan fingerprint density at radius 2 is 2.07 bits per heavy atom. The van der Waals surface area contributed by atoms with Gasteiger partial charge in [0.25, 0.3) is 0 Å². The van der Waals surface area contributed by atoms with Gasteiger partial charge in [-0.3, -0.25) is 0 Å². The molecule has 0 N–H and O–H groups in total. The van der Waals surface area contributed by atoms with E-state index >= 15 is 0 Å². The van der Waals surface area contributed by atoms with Gasteiger partial charge in [0.15, 0.2) is 0 Å². The first-order valence-electron chi connectivity index (χ1n) is 3.61. The number of hydrogen-bond donors (Lipinski definition) is 0. The molecule has 0 unspecified atom stereocenters. The molecule has 0 fully saturated rings. The van der Waals surface area contributed by atoms with Gasteiger partial charge < -0.3 is 0 Å². The van der Waals surface area contributed by atoms with E-state index in [-0.39, 0.29) is 0 Å².